The van der Waals surface area contributed by atoms with Crippen molar-refractivity contribution in [2.45, 2.75) is 17.8 Å². The molecule has 8 nitrogen and oxygen atoms in total. The maximum atomic E-state index is 12.4. The molecule has 12 heteroatoms. The van der Waals surface area contributed by atoms with Crippen molar-refractivity contribution in [3.63, 3.8) is 0 Å². The monoisotopic (exact) mass is 494 g/mol. The zero-order valence-corrected chi connectivity index (χ0v) is 19.2. The van der Waals surface area contributed by atoms with Gasteiger partial charge in [-0.3, -0.25) is 10.2 Å². The van der Waals surface area contributed by atoms with Crippen LogP contribution in [0.3, 0.4) is 0 Å². The van der Waals surface area contributed by atoms with Crippen LogP contribution in [0.4, 0.5) is 0 Å². The molecule has 0 fully saturated rings. The van der Waals surface area contributed by atoms with Crippen LogP contribution in [-0.4, -0.2) is 40.5 Å². The second-order valence-corrected chi connectivity index (χ2v) is 11.2. The molecule has 1 N–H and O–H groups in total. The lowest BCUT2D eigenvalue weighted by molar-refractivity contribution is -0.114. The minimum Gasteiger partial charge on any atom is -0.450 e. The molecule has 2 aliphatic heterocycles. The number of carbonyl (C=O) groups is 1. The quantitative estimate of drug-likeness (QED) is 0.488. The number of amidine groups is 2. The Morgan fingerprint density at radius 3 is 2.71 bits per heavy atom. The van der Waals surface area contributed by atoms with Crippen LogP contribution in [0.15, 0.2) is 61.6 Å². The van der Waals surface area contributed by atoms with Crippen molar-refractivity contribution in [3.8, 4) is 0 Å². The highest BCUT2D eigenvalue weighted by atomic mass is 35.5. The second-order valence-electron chi connectivity index (χ2n) is 6.36. The van der Waals surface area contributed by atoms with Gasteiger partial charge in [0.15, 0.2) is 10.9 Å². The smallest absolute Gasteiger partial charge is 0.283 e. The molecule has 1 aromatic carbocycles. The SMILES string of the molecule is CCS(=O)(=O)C1=NN2C(=N)/C(=C\c3ccc(SCc4ccc(Cl)cc4)o3)C(=O)N=C2S1. The number of sulfone groups is 1. The van der Waals surface area contributed by atoms with Crippen molar-refractivity contribution >= 4 is 72.3 Å². The summed E-state index contributed by atoms with van der Waals surface area (Å²) in [5, 5.41) is 14.7. The largest absolute Gasteiger partial charge is 0.450 e. The molecule has 0 spiro atoms. The van der Waals surface area contributed by atoms with Gasteiger partial charge in [0.05, 0.1) is 11.3 Å². The number of rotatable bonds is 5. The maximum Gasteiger partial charge on any atom is 0.283 e. The molecular weight excluding hydrogens is 480 g/mol. The van der Waals surface area contributed by atoms with Crippen LogP contribution in [-0.2, 0) is 20.4 Å². The van der Waals surface area contributed by atoms with Crippen molar-refractivity contribution in [1.29, 1.82) is 5.41 Å². The molecule has 31 heavy (non-hydrogen) atoms. The Hall–Kier alpha value is -2.34. The van der Waals surface area contributed by atoms with Gasteiger partial charge in [0.2, 0.25) is 19.4 Å². The standard InChI is InChI=1S/C19H15ClN4O4S3/c1-2-31(26,27)19-23-24-16(21)14(17(25)22-18(24)30-19)9-13-7-8-15(28-13)29-10-11-3-5-12(20)6-4-11/h3-9,21H,2,10H2,1H3/b14-9+,21-16?. The first-order valence-corrected chi connectivity index (χ1v) is 12.8. The Kier molecular flexibility index (Phi) is 6.11. The van der Waals surface area contributed by atoms with Gasteiger partial charge in [-0.1, -0.05) is 42.4 Å². The van der Waals surface area contributed by atoms with E-state index >= 15 is 0 Å². The van der Waals surface area contributed by atoms with Crippen molar-refractivity contribution in [2.24, 2.45) is 10.1 Å². The van der Waals surface area contributed by atoms with E-state index in [2.05, 4.69) is 10.1 Å². The molecule has 0 bridgehead atoms. The number of thioether (sulfide) groups is 2. The van der Waals surface area contributed by atoms with Gasteiger partial charge < -0.3 is 4.42 Å². The molecule has 160 valence electrons. The fourth-order valence-corrected chi connectivity index (χ4v) is 5.70. The molecule has 1 aromatic heterocycles. The molecule has 4 rings (SSSR count). The third-order valence-electron chi connectivity index (χ3n) is 4.27. The van der Waals surface area contributed by atoms with E-state index in [-0.39, 0.29) is 26.7 Å². The molecule has 0 unspecified atom stereocenters. The van der Waals surface area contributed by atoms with Gasteiger partial charge in [-0.15, -0.1) is 5.10 Å². The van der Waals surface area contributed by atoms with Crippen molar-refractivity contribution in [1.82, 2.24) is 5.01 Å². The lowest BCUT2D eigenvalue weighted by atomic mass is 10.1. The average molecular weight is 495 g/mol. The van der Waals surface area contributed by atoms with Crippen LogP contribution in [0, 0.1) is 5.41 Å². The van der Waals surface area contributed by atoms with Gasteiger partial charge in [0, 0.05) is 10.8 Å². The van der Waals surface area contributed by atoms with E-state index in [0.29, 0.717) is 21.6 Å². The predicted octanol–water partition coefficient (Wildman–Crippen LogP) is 4.24. The third kappa shape index (κ3) is 4.64. The van der Waals surface area contributed by atoms with E-state index < -0.39 is 15.7 Å². The highest BCUT2D eigenvalue weighted by Gasteiger charge is 2.39. The van der Waals surface area contributed by atoms with Gasteiger partial charge in [-0.25, -0.2) is 8.42 Å². The van der Waals surface area contributed by atoms with Gasteiger partial charge in [0.25, 0.3) is 5.91 Å². The van der Waals surface area contributed by atoms with Crippen molar-refractivity contribution in [3.05, 3.63) is 58.3 Å². The summed E-state index contributed by atoms with van der Waals surface area (Å²) >= 11 is 8.13. The Morgan fingerprint density at radius 2 is 2.00 bits per heavy atom. The van der Waals surface area contributed by atoms with E-state index in [1.807, 2.05) is 24.3 Å². The summed E-state index contributed by atoms with van der Waals surface area (Å²) in [6.07, 6.45) is 1.41. The van der Waals surface area contributed by atoms with E-state index in [0.717, 1.165) is 22.3 Å². The van der Waals surface area contributed by atoms with Gasteiger partial charge in [0.1, 0.15) is 5.76 Å². The number of benzene rings is 1. The summed E-state index contributed by atoms with van der Waals surface area (Å²) in [6, 6.07) is 11.0. The van der Waals surface area contributed by atoms with E-state index in [9.17, 15) is 13.2 Å². The van der Waals surface area contributed by atoms with Gasteiger partial charge in [-0.2, -0.15) is 10.0 Å². The number of nitrogens with zero attached hydrogens (tertiary/aromatic N) is 3. The number of amides is 1. The summed E-state index contributed by atoms with van der Waals surface area (Å²) < 4.78 is 29.7. The molecule has 0 saturated heterocycles. The molecule has 2 aromatic rings. The van der Waals surface area contributed by atoms with Crippen molar-refractivity contribution in [2.75, 3.05) is 5.75 Å². The van der Waals surface area contributed by atoms with Gasteiger partial charge >= 0.3 is 0 Å². The second kappa shape index (κ2) is 8.65. The van der Waals surface area contributed by atoms with Crippen LogP contribution in [0.5, 0.6) is 0 Å². The fraction of sp³-hybridized carbons (Fsp3) is 0.158. The first kappa shape index (κ1) is 21.9. The molecular formula is C19H15ClN4O4S3. The molecule has 0 radical (unpaired) electrons. The van der Waals surface area contributed by atoms with E-state index in [1.54, 1.807) is 12.1 Å². The number of furan rings is 1. The normalized spacial score (nSPS) is 17.7. The summed E-state index contributed by atoms with van der Waals surface area (Å²) in [7, 11) is -3.57. The van der Waals surface area contributed by atoms with Gasteiger partial charge in [-0.05, 0) is 47.7 Å². The number of hydrogen-bond acceptors (Lipinski definition) is 8. The van der Waals surface area contributed by atoms with Crippen LogP contribution >= 0.6 is 35.1 Å². The topological polar surface area (TPSA) is 116 Å². The van der Waals surface area contributed by atoms with E-state index in [4.69, 9.17) is 21.4 Å². The number of aliphatic imine (C=N–C) groups is 1. The lowest BCUT2D eigenvalue weighted by Gasteiger charge is -2.19. The average Bonchev–Trinajstić information content (AvgIpc) is 3.38. The number of hydrogen-bond donors (Lipinski definition) is 1. The summed E-state index contributed by atoms with van der Waals surface area (Å²) in [5.74, 6) is 0.0172. The highest BCUT2D eigenvalue weighted by Crippen LogP contribution is 2.31. The molecule has 2 aliphatic rings. The minimum atomic E-state index is -3.57. The number of fused-ring (bicyclic) bond motifs is 1. The molecule has 3 heterocycles. The number of nitrogens with one attached hydrogen (secondary N) is 1. The summed E-state index contributed by atoms with van der Waals surface area (Å²) in [5.41, 5.74) is 1.05. The van der Waals surface area contributed by atoms with E-state index in [1.165, 1.54) is 24.8 Å². The summed E-state index contributed by atoms with van der Waals surface area (Å²) in [4.78, 5) is 16.3. The number of carbonyl (C=O) groups excluding carboxylic acids is 1. The molecule has 1 amide bonds. The summed E-state index contributed by atoms with van der Waals surface area (Å²) in [6.45, 7) is 1.50. The highest BCUT2D eigenvalue weighted by molar-refractivity contribution is 8.42. The fourth-order valence-electron chi connectivity index (χ4n) is 2.59. The molecule has 0 atom stereocenters. The predicted molar refractivity (Wildman–Crippen MR) is 124 cm³/mol. The first-order chi connectivity index (χ1) is 14.8. The molecule has 0 saturated carbocycles. The number of halogens is 1. The minimum absolute atomic E-state index is 0.0353. The zero-order valence-electron chi connectivity index (χ0n) is 16.0. The zero-order chi connectivity index (χ0) is 22.2. The first-order valence-electron chi connectivity index (χ1n) is 8.97. The van der Waals surface area contributed by atoms with Crippen molar-refractivity contribution < 1.29 is 17.6 Å². The Labute approximate surface area is 191 Å². The van der Waals surface area contributed by atoms with Crippen LogP contribution in [0.25, 0.3) is 6.08 Å². The Morgan fingerprint density at radius 1 is 1.26 bits per heavy atom. The maximum absolute atomic E-state index is 12.4. The van der Waals surface area contributed by atoms with Crippen LogP contribution in [0.1, 0.15) is 18.2 Å². The number of hydrazone groups is 1. The molecule has 0 aliphatic carbocycles. The Bertz CT molecular complexity index is 1260. The van der Waals surface area contributed by atoms with Crippen LogP contribution in [0.2, 0.25) is 5.02 Å². The third-order valence-corrected chi connectivity index (χ3v) is 8.59. The van der Waals surface area contributed by atoms with Crippen LogP contribution < -0.4 is 0 Å². The lowest BCUT2D eigenvalue weighted by Crippen LogP contribution is -2.35. The Balaban J connectivity index is 1.51.